The lowest BCUT2D eigenvalue weighted by Crippen LogP contribution is -2.33. The van der Waals surface area contributed by atoms with E-state index in [9.17, 15) is 0 Å². The lowest BCUT2D eigenvalue weighted by Gasteiger charge is -2.18. The number of benzene rings is 1. The molecular weight excluding hydrogens is 186 g/mol. The van der Waals surface area contributed by atoms with Gasteiger partial charge < -0.3 is 10.5 Å². The van der Waals surface area contributed by atoms with Crippen LogP contribution in [0.4, 0.5) is 0 Å². The SMILES string of the molecule is CC(C)c1ccc(OC(C)C(C)N)cc1. The van der Waals surface area contributed by atoms with Crippen molar-refractivity contribution in [1.82, 2.24) is 0 Å². The highest BCUT2D eigenvalue weighted by atomic mass is 16.5. The lowest BCUT2D eigenvalue weighted by molar-refractivity contribution is 0.196. The fourth-order valence-electron chi connectivity index (χ4n) is 1.25. The molecular formula is C13H21NO. The molecule has 1 aromatic carbocycles. The monoisotopic (exact) mass is 207 g/mol. The van der Waals surface area contributed by atoms with Gasteiger partial charge in [0.2, 0.25) is 0 Å². The molecule has 2 atom stereocenters. The molecule has 2 nitrogen and oxygen atoms in total. The second-order valence-corrected chi connectivity index (χ2v) is 4.41. The summed E-state index contributed by atoms with van der Waals surface area (Å²) in [6.45, 7) is 8.30. The van der Waals surface area contributed by atoms with Gasteiger partial charge >= 0.3 is 0 Å². The Balaban J connectivity index is 2.64. The molecule has 1 rings (SSSR count). The summed E-state index contributed by atoms with van der Waals surface area (Å²) in [6, 6.07) is 8.28. The molecule has 0 radical (unpaired) electrons. The molecule has 0 saturated heterocycles. The number of hydrogen-bond donors (Lipinski definition) is 1. The average molecular weight is 207 g/mol. The van der Waals surface area contributed by atoms with Gasteiger partial charge in [0.1, 0.15) is 11.9 Å². The molecule has 0 heterocycles. The Hall–Kier alpha value is -1.02. The van der Waals surface area contributed by atoms with Crippen LogP contribution in [0, 0.1) is 0 Å². The van der Waals surface area contributed by atoms with Gasteiger partial charge in [-0.15, -0.1) is 0 Å². The second-order valence-electron chi connectivity index (χ2n) is 4.41. The molecule has 0 aliphatic heterocycles. The summed E-state index contributed by atoms with van der Waals surface area (Å²) in [5, 5.41) is 0. The van der Waals surface area contributed by atoms with Crippen molar-refractivity contribution >= 4 is 0 Å². The van der Waals surface area contributed by atoms with Crippen molar-refractivity contribution in [3.8, 4) is 5.75 Å². The summed E-state index contributed by atoms with van der Waals surface area (Å²) in [7, 11) is 0. The minimum absolute atomic E-state index is 0.0507. The Morgan fingerprint density at radius 3 is 1.93 bits per heavy atom. The molecule has 15 heavy (non-hydrogen) atoms. The Kier molecular flexibility index (Phi) is 4.15. The highest BCUT2D eigenvalue weighted by molar-refractivity contribution is 5.29. The van der Waals surface area contributed by atoms with Gasteiger partial charge in [-0.3, -0.25) is 0 Å². The average Bonchev–Trinajstić information content (AvgIpc) is 2.18. The van der Waals surface area contributed by atoms with Crippen LogP contribution in [0.15, 0.2) is 24.3 Å². The van der Waals surface area contributed by atoms with Crippen molar-refractivity contribution in [2.75, 3.05) is 0 Å². The first kappa shape index (κ1) is 12.1. The van der Waals surface area contributed by atoms with Gasteiger partial charge in [0.05, 0.1) is 0 Å². The van der Waals surface area contributed by atoms with Crippen LogP contribution >= 0.6 is 0 Å². The van der Waals surface area contributed by atoms with E-state index in [1.165, 1.54) is 5.56 Å². The van der Waals surface area contributed by atoms with Gasteiger partial charge in [-0.05, 0) is 37.5 Å². The fraction of sp³-hybridized carbons (Fsp3) is 0.538. The molecule has 0 bridgehead atoms. The molecule has 0 fully saturated rings. The van der Waals surface area contributed by atoms with Gasteiger partial charge in [-0.1, -0.05) is 26.0 Å². The summed E-state index contributed by atoms with van der Waals surface area (Å²) in [5.41, 5.74) is 7.07. The molecule has 84 valence electrons. The number of nitrogens with two attached hydrogens (primary N) is 1. The van der Waals surface area contributed by atoms with E-state index in [-0.39, 0.29) is 12.1 Å². The predicted octanol–water partition coefficient (Wildman–Crippen LogP) is 2.92. The molecule has 0 amide bonds. The van der Waals surface area contributed by atoms with Crippen LogP contribution in [0.1, 0.15) is 39.2 Å². The topological polar surface area (TPSA) is 35.2 Å². The highest BCUT2D eigenvalue weighted by Gasteiger charge is 2.08. The van der Waals surface area contributed by atoms with Gasteiger partial charge in [-0.25, -0.2) is 0 Å². The Morgan fingerprint density at radius 2 is 1.53 bits per heavy atom. The Morgan fingerprint density at radius 1 is 1.00 bits per heavy atom. The van der Waals surface area contributed by atoms with Crippen LogP contribution in [0.3, 0.4) is 0 Å². The number of hydrogen-bond acceptors (Lipinski definition) is 2. The van der Waals surface area contributed by atoms with Crippen LogP contribution in [0.2, 0.25) is 0 Å². The van der Waals surface area contributed by atoms with E-state index in [0.29, 0.717) is 5.92 Å². The van der Waals surface area contributed by atoms with E-state index in [4.69, 9.17) is 10.5 Å². The van der Waals surface area contributed by atoms with E-state index in [1.54, 1.807) is 0 Å². The minimum Gasteiger partial charge on any atom is -0.489 e. The zero-order valence-electron chi connectivity index (χ0n) is 10.0. The maximum Gasteiger partial charge on any atom is 0.119 e. The molecule has 1 aromatic rings. The van der Waals surface area contributed by atoms with E-state index in [1.807, 2.05) is 26.0 Å². The first-order valence-corrected chi connectivity index (χ1v) is 5.53. The summed E-state index contributed by atoms with van der Waals surface area (Å²) in [5.74, 6) is 1.45. The maximum atomic E-state index is 5.74. The Labute approximate surface area is 92.4 Å². The van der Waals surface area contributed by atoms with Crippen molar-refractivity contribution in [3.05, 3.63) is 29.8 Å². The van der Waals surface area contributed by atoms with Gasteiger partial charge in [0, 0.05) is 6.04 Å². The van der Waals surface area contributed by atoms with E-state index in [0.717, 1.165) is 5.75 Å². The standard InChI is InChI=1S/C13H21NO/c1-9(2)12-5-7-13(8-6-12)15-11(4)10(3)14/h5-11H,14H2,1-4H3. The minimum atomic E-state index is 0.0507. The van der Waals surface area contributed by atoms with E-state index < -0.39 is 0 Å². The second kappa shape index (κ2) is 5.17. The molecule has 0 spiro atoms. The Bertz CT molecular complexity index is 290. The van der Waals surface area contributed by atoms with Crippen molar-refractivity contribution in [2.45, 2.75) is 45.8 Å². The van der Waals surface area contributed by atoms with E-state index >= 15 is 0 Å². The predicted molar refractivity (Wildman–Crippen MR) is 64.3 cm³/mol. The smallest absolute Gasteiger partial charge is 0.119 e. The van der Waals surface area contributed by atoms with Crippen LogP contribution in [-0.4, -0.2) is 12.1 Å². The zero-order chi connectivity index (χ0) is 11.4. The first-order valence-electron chi connectivity index (χ1n) is 5.53. The third-order valence-electron chi connectivity index (χ3n) is 2.61. The molecule has 2 N–H and O–H groups in total. The first-order chi connectivity index (χ1) is 7.00. The maximum absolute atomic E-state index is 5.74. The summed E-state index contributed by atoms with van der Waals surface area (Å²) in [6.07, 6.45) is 0.0508. The quantitative estimate of drug-likeness (QED) is 0.824. The van der Waals surface area contributed by atoms with Crippen LogP contribution in [-0.2, 0) is 0 Å². The lowest BCUT2D eigenvalue weighted by atomic mass is 10.0. The van der Waals surface area contributed by atoms with Crippen molar-refractivity contribution < 1.29 is 4.74 Å². The number of ether oxygens (including phenoxy) is 1. The fourth-order valence-corrected chi connectivity index (χ4v) is 1.25. The molecule has 0 aromatic heterocycles. The van der Waals surface area contributed by atoms with Gasteiger partial charge in [0.25, 0.3) is 0 Å². The van der Waals surface area contributed by atoms with Crippen LogP contribution in [0.5, 0.6) is 5.75 Å². The molecule has 0 aliphatic carbocycles. The number of rotatable bonds is 4. The molecule has 0 saturated carbocycles. The van der Waals surface area contributed by atoms with Crippen LogP contribution in [0.25, 0.3) is 0 Å². The van der Waals surface area contributed by atoms with Crippen molar-refractivity contribution in [2.24, 2.45) is 5.73 Å². The summed E-state index contributed by atoms with van der Waals surface area (Å²) < 4.78 is 5.69. The molecule has 2 heteroatoms. The molecule has 2 unspecified atom stereocenters. The zero-order valence-corrected chi connectivity index (χ0v) is 10.0. The van der Waals surface area contributed by atoms with Gasteiger partial charge in [0.15, 0.2) is 0 Å². The third-order valence-corrected chi connectivity index (χ3v) is 2.61. The highest BCUT2D eigenvalue weighted by Crippen LogP contribution is 2.19. The summed E-state index contributed by atoms with van der Waals surface area (Å²) in [4.78, 5) is 0. The normalized spacial score (nSPS) is 15.1. The third kappa shape index (κ3) is 3.56. The summed E-state index contributed by atoms with van der Waals surface area (Å²) >= 11 is 0. The van der Waals surface area contributed by atoms with Crippen LogP contribution < -0.4 is 10.5 Å². The largest absolute Gasteiger partial charge is 0.489 e. The van der Waals surface area contributed by atoms with Gasteiger partial charge in [-0.2, -0.15) is 0 Å². The van der Waals surface area contributed by atoms with Crippen molar-refractivity contribution in [3.63, 3.8) is 0 Å². The van der Waals surface area contributed by atoms with Crippen molar-refractivity contribution in [1.29, 1.82) is 0 Å². The molecule has 0 aliphatic rings. The van der Waals surface area contributed by atoms with E-state index in [2.05, 4.69) is 26.0 Å².